The molecule has 0 unspecified atom stereocenters. The van der Waals surface area contributed by atoms with Crippen molar-refractivity contribution >= 4 is 23.1 Å². The second-order valence-corrected chi connectivity index (χ2v) is 6.53. The maximum atomic E-state index is 12.6. The number of hydrogen-bond donors (Lipinski definition) is 2. The predicted molar refractivity (Wildman–Crippen MR) is 106 cm³/mol. The lowest BCUT2D eigenvalue weighted by atomic mass is 10.2. The summed E-state index contributed by atoms with van der Waals surface area (Å²) in [5.74, 6) is -0.372. The Labute approximate surface area is 163 Å². The minimum Gasteiger partial charge on any atom is -0.351 e. The van der Waals surface area contributed by atoms with Gasteiger partial charge in [-0.1, -0.05) is 12.1 Å². The number of pyridine rings is 1. The van der Waals surface area contributed by atoms with E-state index in [0.29, 0.717) is 35.6 Å². The van der Waals surface area contributed by atoms with Gasteiger partial charge in [-0.2, -0.15) is 5.26 Å². The van der Waals surface area contributed by atoms with Gasteiger partial charge >= 0.3 is 0 Å². The standard InChI is InChI=1S/C21H21N5O2/c1-14-6-5-11-26-19(15(2)24-20(14)26)21(28)23-10-4-9-18(27)25-17-8-3-7-16(12-17)13-22/h3,5-8,11-12H,4,9-10H2,1-2H3,(H,23,28)(H,25,27). The molecule has 0 aliphatic rings. The van der Waals surface area contributed by atoms with Crippen LogP contribution >= 0.6 is 0 Å². The van der Waals surface area contributed by atoms with Gasteiger partial charge in [0.15, 0.2) is 0 Å². The summed E-state index contributed by atoms with van der Waals surface area (Å²) in [6.45, 7) is 4.14. The molecule has 0 radical (unpaired) electrons. The number of hydrogen-bond acceptors (Lipinski definition) is 4. The van der Waals surface area contributed by atoms with Gasteiger partial charge in [0.05, 0.1) is 17.3 Å². The molecule has 0 saturated heterocycles. The van der Waals surface area contributed by atoms with Crippen LogP contribution in [0.2, 0.25) is 0 Å². The normalized spacial score (nSPS) is 10.5. The molecule has 3 aromatic rings. The number of nitrogens with one attached hydrogen (secondary N) is 2. The Kier molecular flexibility index (Phi) is 5.70. The number of imidazole rings is 1. The van der Waals surface area contributed by atoms with E-state index in [1.54, 1.807) is 28.7 Å². The monoisotopic (exact) mass is 375 g/mol. The number of carbonyl (C=O) groups is 2. The van der Waals surface area contributed by atoms with E-state index in [1.165, 1.54) is 0 Å². The number of anilines is 1. The Morgan fingerprint density at radius 2 is 2.04 bits per heavy atom. The summed E-state index contributed by atoms with van der Waals surface area (Å²) in [5, 5.41) is 14.5. The Morgan fingerprint density at radius 1 is 1.21 bits per heavy atom. The van der Waals surface area contributed by atoms with E-state index in [4.69, 9.17) is 5.26 Å². The number of aromatic nitrogens is 2. The molecule has 28 heavy (non-hydrogen) atoms. The molecule has 2 N–H and O–H groups in total. The van der Waals surface area contributed by atoms with Crippen LogP contribution in [0.15, 0.2) is 42.6 Å². The highest BCUT2D eigenvalue weighted by molar-refractivity contribution is 5.95. The highest BCUT2D eigenvalue weighted by Crippen LogP contribution is 2.15. The van der Waals surface area contributed by atoms with Gasteiger partial charge in [-0.3, -0.25) is 14.0 Å². The van der Waals surface area contributed by atoms with Crippen LogP contribution in [0.25, 0.3) is 5.65 Å². The summed E-state index contributed by atoms with van der Waals surface area (Å²) < 4.78 is 1.79. The predicted octanol–water partition coefficient (Wildman–Crippen LogP) is 2.97. The molecule has 0 bridgehead atoms. The summed E-state index contributed by atoms with van der Waals surface area (Å²) in [4.78, 5) is 29.1. The first-order valence-corrected chi connectivity index (χ1v) is 9.02. The zero-order valence-corrected chi connectivity index (χ0v) is 15.8. The molecule has 0 atom stereocenters. The molecule has 142 valence electrons. The van der Waals surface area contributed by atoms with E-state index >= 15 is 0 Å². The summed E-state index contributed by atoms with van der Waals surface area (Å²) in [5.41, 5.74) is 4.03. The van der Waals surface area contributed by atoms with E-state index in [2.05, 4.69) is 15.6 Å². The van der Waals surface area contributed by atoms with Crippen LogP contribution in [-0.2, 0) is 4.79 Å². The van der Waals surface area contributed by atoms with Gasteiger partial charge < -0.3 is 10.6 Å². The van der Waals surface area contributed by atoms with E-state index in [-0.39, 0.29) is 18.2 Å². The zero-order chi connectivity index (χ0) is 20.1. The van der Waals surface area contributed by atoms with Crippen molar-refractivity contribution in [3.63, 3.8) is 0 Å². The molecule has 1 aromatic carbocycles. The molecular weight excluding hydrogens is 354 g/mol. The number of benzene rings is 1. The maximum Gasteiger partial charge on any atom is 0.270 e. The van der Waals surface area contributed by atoms with Crippen molar-refractivity contribution < 1.29 is 9.59 Å². The van der Waals surface area contributed by atoms with Crippen LogP contribution in [0.3, 0.4) is 0 Å². The second kappa shape index (κ2) is 8.35. The van der Waals surface area contributed by atoms with Crippen molar-refractivity contribution in [2.45, 2.75) is 26.7 Å². The fourth-order valence-electron chi connectivity index (χ4n) is 3.02. The Bertz CT molecular complexity index is 1080. The average Bonchev–Trinajstić information content (AvgIpc) is 3.02. The zero-order valence-electron chi connectivity index (χ0n) is 15.8. The van der Waals surface area contributed by atoms with E-state index < -0.39 is 0 Å². The molecule has 0 aliphatic heterocycles. The van der Waals surface area contributed by atoms with E-state index in [1.807, 2.05) is 38.2 Å². The molecule has 0 spiro atoms. The third kappa shape index (κ3) is 4.18. The average molecular weight is 375 g/mol. The number of carbonyl (C=O) groups excluding carboxylic acids is 2. The number of amides is 2. The fourth-order valence-corrected chi connectivity index (χ4v) is 3.02. The van der Waals surface area contributed by atoms with Gasteiger partial charge in [-0.25, -0.2) is 4.98 Å². The SMILES string of the molecule is Cc1nc2c(C)cccn2c1C(=O)NCCCC(=O)Nc1cccc(C#N)c1. The minimum absolute atomic E-state index is 0.161. The fraction of sp³-hybridized carbons (Fsp3) is 0.238. The molecule has 3 rings (SSSR count). The van der Waals surface area contributed by atoms with Gasteiger partial charge in [-0.15, -0.1) is 0 Å². The number of rotatable bonds is 6. The summed E-state index contributed by atoms with van der Waals surface area (Å²) in [6.07, 6.45) is 2.59. The molecule has 2 amide bonds. The molecule has 2 heterocycles. The smallest absolute Gasteiger partial charge is 0.270 e. The van der Waals surface area contributed by atoms with Crippen molar-refractivity contribution in [1.82, 2.24) is 14.7 Å². The summed E-state index contributed by atoms with van der Waals surface area (Å²) in [7, 11) is 0. The topological polar surface area (TPSA) is 99.3 Å². The third-order valence-electron chi connectivity index (χ3n) is 4.38. The van der Waals surface area contributed by atoms with E-state index in [9.17, 15) is 9.59 Å². The first kappa shape index (κ1) is 19.1. The van der Waals surface area contributed by atoms with Crippen molar-refractivity contribution in [3.8, 4) is 6.07 Å². The Balaban J connectivity index is 1.52. The van der Waals surface area contributed by atoms with Gasteiger partial charge in [0.1, 0.15) is 11.3 Å². The maximum absolute atomic E-state index is 12.6. The second-order valence-electron chi connectivity index (χ2n) is 6.53. The van der Waals surface area contributed by atoms with Gasteiger partial charge in [0.25, 0.3) is 5.91 Å². The number of aryl methyl sites for hydroxylation is 2. The van der Waals surface area contributed by atoms with E-state index in [0.717, 1.165) is 11.2 Å². The molecular formula is C21H21N5O2. The molecule has 0 fully saturated rings. The van der Waals surface area contributed by atoms with Crippen molar-refractivity contribution in [1.29, 1.82) is 5.26 Å². The molecule has 7 heteroatoms. The number of fused-ring (bicyclic) bond motifs is 1. The number of nitrogens with zero attached hydrogens (tertiary/aromatic N) is 3. The highest BCUT2D eigenvalue weighted by atomic mass is 16.2. The van der Waals surface area contributed by atoms with Crippen molar-refractivity contribution in [2.24, 2.45) is 0 Å². The van der Waals surface area contributed by atoms with Crippen LogP contribution in [0.4, 0.5) is 5.69 Å². The molecule has 0 saturated carbocycles. The number of nitriles is 1. The lowest BCUT2D eigenvalue weighted by Gasteiger charge is -2.07. The largest absolute Gasteiger partial charge is 0.351 e. The highest BCUT2D eigenvalue weighted by Gasteiger charge is 2.17. The minimum atomic E-state index is -0.210. The van der Waals surface area contributed by atoms with Gasteiger partial charge in [0, 0.05) is 24.8 Å². The van der Waals surface area contributed by atoms with Crippen LogP contribution in [-0.4, -0.2) is 27.7 Å². The first-order valence-electron chi connectivity index (χ1n) is 9.02. The van der Waals surface area contributed by atoms with Crippen LogP contribution in [0, 0.1) is 25.2 Å². The third-order valence-corrected chi connectivity index (χ3v) is 4.38. The van der Waals surface area contributed by atoms with Gasteiger partial charge in [-0.05, 0) is 50.1 Å². The van der Waals surface area contributed by atoms with Crippen LogP contribution in [0.1, 0.15) is 40.2 Å². The van der Waals surface area contributed by atoms with Crippen molar-refractivity contribution in [2.75, 3.05) is 11.9 Å². The van der Waals surface area contributed by atoms with Crippen molar-refractivity contribution in [3.05, 3.63) is 65.1 Å². The molecule has 0 aliphatic carbocycles. The summed E-state index contributed by atoms with van der Waals surface area (Å²) in [6, 6.07) is 12.6. The first-order chi connectivity index (χ1) is 13.5. The lowest BCUT2D eigenvalue weighted by molar-refractivity contribution is -0.116. The summed E-state index contributed by atoms with van der Waals surface area (Å²) >= 11 is 0. The van der Waals surface area contributed by atoms with Gasteiger partial charge in [0.2, 0.25) is 5.91 Å². The quantitative estimate of drug-likeness (QED) is 0.647. The Hall–Kier alpha value is -3.66. The van der Waals surface area contributed by atoms with Crippen LogP contribution in [0.5, 0.6) is 0 Å². The molecule has 2 aromatic heterocycles. The lowest BCUT2D eigenvalue weighted by Crippen LogP contribution is -2.27. The van der Waals surface area contributed by atoms with Crippen LogP contribution < -0.4 is 10.6 Å². The Morgan fingerprint density at radius 3 is 2.82 bits per heavy atom. The molecule has 7 nitrogen and oxygen atoms in total.